The first kappa shape index (κ1) is 14.9. The molecule has 0 aliphatic carbocycles. The van der Waals surface area contributed by atoms with Gasteiger partial charge in [-0.15, -0.1) is 0 Å². The number of hydrogen-bond donors (Lipinski definition) is 2. The standard InChI is InChI=1S/C14H17NO4/c1-10(16)11-6-8-12(9-7-11)15-13(17)4-2-3-5-14(18)19/h6-9H,2-5H2,1H3,(H,15,17)(H,18,19). The Kier molecular flexibility index (Phi) is 5.73. The van der Waals surface area contributed by atoms with Crippen LogP contribution in [0.1, 0.15) is 43.0 Å². The van der Waals surface area contributed by atoms with Gasteiger partial charge in [-0.1, -0.05) is 0 Å². The lowest BCUT2D eigenvalue weighted by molar-refractivity contribution is -0.137. The van der Waals surface area contributed by atoms with Crippen LogP contribution in [0, 0.1) is 0 Å². The van der Waals surface area contributed by atoms with Crippen LogP contribution in [0.2, 0.25) is 0 Å². The van der Waals surface area contributed by atoms with Crippen LogP contribution in [0.3, 0.4) is 0 Å². The van der Waals surface area contributed by atoms with Crippen LogP contribution in [0.4, 0.5) is 5.69 Å². The van der Waals surface area contributed by atoms with Crippen LogP contribution in [-0.2, 0) is 9.59 Å². The molecule has 1 amide bonds. The predicted octanol–water partition coefficient (Wildman–Crippen LogP) is 2.47. The van der Waals surface area contributed by atoms with Crippen molar-refractivity contribution in [3.05, 3.63) is 29.8 Å². The Morgan fingerprint density at radius 2 is 1.63 bits per heavy atom. The summed E-state index contributed by atoms with van der Waals surface area (Å²) in [6.07, 6.45) is 1.41. The highest BCUT2D eigenvalue weighted by Crippen LogP contribution is 2.11. The Bertz CT molecular complexity index is 465. The van der Waals surface area contributed by atoms with Crippen molar-refractivity contribution >= 4 is 23.3 Å². The molecule has 0 unspecified atom stereocenters. The maximum absolute atomic E-state index is 11.6. The summed E-state index contributed by atoms with van der Waals surface area (Å²) in [5.74, 6) is -1.02. The van der Waals surface area contributed by atoms with Gasteiger partial charge in [0.05, 0.1) is 0 Å². The zero-order chi connectivity index (χ0) is 14.3. The molecule has 0 bridgehead atoms. The van der Waals surface area contributed by atoms with Crippen molar-refractivity contribution in [1.82, 2.24) is 0 Å². The number of anilines is 1. The van der Waals surface area contributed by atoms with Crippen molar-refractivity contribution in [2.75, 3.05) is 5.32 Å². The van der Waals surface area contributed by atoms with E-state index in [4.69, 9.17) is 5.11 Å². The van der Waals surface area contributed by atoms with E-state index in [0.717, 1.165) is 0 Å². The van der Waals surface area contributed by atoms with E-state index in [2.05, 4.69) is 5.32 Å². The van der Waals surface area contributed by atoms with E-state index in [9.17, 15) is 14.4 Å². The van der Waals surface area contributed by atoms with E-state index < -0.39 is 5.97 Å². The number of nitrogens with one attached hydrogen (secondary N) is 1. The summed E-state index contributed by atoms with van der Waals surface area (Å²) in [6.45, 7) is 1.48. The molecule has 0 saturated heterocycles. The summed E-state index contributed by atoms with van der Waals surface area (Å²) in [5, 5.41) is 11.2. The van der Waals surface area contributed by atoms with Crippen LogP contribution >= 0.6 is 0 Å². The van der Waals surface area contributed by atoms with Crippen molar-refractivity contribution in [2.24, 2.45) is 0 Å². The second-order valence-corrected chi connectivity index (χ2v) is 4.28. The van der Waals surface area contributed by atoms with Gasteiger partial charge in [0.15, 0.2) is 5.78 Å². The number of Topliss-reactive ketones (excluding diaryl/α,β-unsaturated/α-hetero) is 1. The van der Waals surface area contributed by atoms with Crippen molar-refractivity contribution in [1.29, 1.82) is 0 Å². The summed E-state index contributed by atoms with van der Waals surface area (Å²) >= 11 is 0. The fraction of sp³-hybridized carbons (Fsp3) is 0.357. The third kappa shape index (κ3) is 5.81. The Morgan fingerprint density at radius 1 is 1.05 bits per heavy atom. The molecule has 0 fully saturated rings. The van der Waals surface area contributed by atoms with Crippen LogP contribution in [0.25, 0.3) is 0 Å². The molecule has 19 heavy (non-hydrogen) atoms. The first-order chi connectivity index (χ1) is 8.99. The highest BCUT2D eigenvalue weighted by atomic mass is 16.4. The average molecular weight is 263 g/mol. The van der Waals surface area contributed by atoms with Gasteiger partial charge >= 0.3 is 5.97 Å². The Morgan fingerprint density at radius 3 is 2.16 bits per heavy atom. The smallest absolute Gasteiger partial charge is 0.303 e. The molecular weight excluding hydrogens is 246 g/mol. The normalized spacial score (nSPS) is 9.95. The molecular formula is C14H17NO4. The topological polar surface area (TPSA) is 83.5 Å². The molecule has 0 saturated carbocycles. The summed E-state index contributed by atoms with van der Waals surface area (Å²) in [6, 6.07) is 6.66. The SMILES string of the molecule is CC(=O)c1ccc(NC(=O)CCCCC(=O)O)cc1. The highest BCUT2D eigenvalue weighted by molar-refractivity contribution is 5.95. The third-order valence-corrected chi connectivity index (χ3v) is 2.62. The molecule has 5 nitrogen and oxygen atoms in total. The lowest BCUT2D eigenvalue weighted by atomic mass is 10.1. The van der Waals surface area contributed by atoms with Gasteiger partial charge in [-0.3, -0.25) is 14.4 Å². The van der Waals surface area contributed by atoms with Crippen LogP contribution in [-0.4, -0.2) is 22.8 Å². The number of carboxylic acids is 1. The summed E-state index contributed by atoms with van der Waals surface area (Å²) in [5.41, 5.74) is 1.23. The van der Waals surface area contributed by atoms with Gasteiger partial charge in [0.2, 0.25) is 5.91 Å². The van der Waals surface area contributed by atoms with Gasteiger partial charge in [-0.05, 0) is 44.0 Å². The molecule has 1 aromatic carbocycles. The number of carbonyl (C=O) groups excluding carboxylic acids is 2. The molecule has 102 valence electrons. The molecule has 0 aliphatic rings. The Balaban J connectivity index is 2.35. The monoisotopic (exact) mass is 263 g/mol. The highest BCUT2D eigenvalue weighted by Gasteiger charge is 2.04. The molecule has 1 rings (SSSR count). The number of aliphatic carboxylic acids is 1. The van der Waals surface area contributed by atoms with Crippen molar-refractivity contribution in [2.45, 2.75) is 32.6 Å². The maximum atomic E-state index is 11.6. The van der Waals surface area contributed by atoms with E-state index >= 15 is 0 Å². The Hall–Kier alpha value is -2.17. The maximum Gasteiger partial charge on any atom is 0.303 e. The summed E-state index contributed by atoms with van der Waals surface area (Å²) < 4.78 is 0. The van der Waals surface area contributed by atoms with Gasteiger partial charge < -0.3 is 10.4 Å². The molecule has 2 N–H and O–H groups in total. The average Bonchev–Trinajstić information content (AvgIpc) is 2.35. The number of carbonyl (C=O) groups is 3. The second kappa shape index (κ2) is 7.31. The van der Waals surface area contributed by atoms with Crippen molar-refractivity contribution in [3.63, 3.8) is 0 Å². The van der Waals surface area contributed by atoms with Crippen molar-refractivity contribution < 1.29 is 19.5 Å². The molecule has 0 spiro atoms. The zero-order valence-electron chi connectivity index (χ0n) is 10.8. The number of amides is 1. The van der Waals surface area contributed by atoms with E-state index in [1.54, 1.807) is 24.3 Å². The van der Waals surface area contributed by atoms with E-state index in [1.807, 2.05) is 0 Å². The lowest BCUT2D eigenvalue weighted by Crippen LogP contribution is -2.11. The molecule has 0 atom stereocenters. The van der Waals surface area contributed by atoms with E-state index in [-0.39, 0.29) is 18.1 Å². The number of benzene rings is 1. The number of ketones is 1. The van der Waals surface area contributed by atoms with Gasteiger partial charge in [0, 0.05) is 24.1 Å². The number of rotatable bonds is 7. The molecule has 0 aromatic heterocycles. The fourth-order valence-corrected chi connectivity index (χ4v) is 1.57. The van der Waals surface area contributed by atoms with E-state index in [0.29, 0.717) is 30.5 Å². The number of hydrogen-bond acceptors (Lipinski definition) is 3. The number of carboxylic acid groups (broad SMARTS) is 1. The van der Waals surface area contributed by atoms with Crippen molar-refractivity contribution in [3.8, 4) is 0 Å². The molecule has 0 radical (unpaired) electrons. The minimum absolute atomic E-state index is 0.0217. The first-order valence-corrected chi connectivity index (χ1v) is 6.11. The summed E-state index contributed by atoms with van der Waals surface area (Å²) in [7, 11) is 0. The second-order valence-electron chi connectivity index (χ2n) is 4.28. The molecule has 0 aliphatic heterocycles. The van der Waals surface area contributed by atoms with Gasteiger partial charge in [0.25, 0.3) is 0 Å². The van der Waals surface area contributed by atoms with Gasteiger partial charge in [0.1, 0.15) is 0 Å². The summed E-state index contributed by atoms with van der Waals surface area (Å²) in [4.78, 5) is 32.9. The molecule has 1 aromatic rings. The van der Waals surface area contributed by atoms with E-state index in [1.165, 1.54) is 6.92 Å². The van der Waals surface area contributed by atoms with Gasteiger partial charge in [-0.25, -0.2) is 0 Å². The quantitative estimate of drug-likeness (QED) is 0.584. The van der Waals surface area contributed by atoms with Gasteiger partial charge in [-0.2, -0.15) is 0 Å². The third-order valence-electron chi connectivity index (χ3n) is 2.62. The fourth-order valence-electron chi connectivity index (χ4n) is 1.57. The minimum Gasteiger partial charge on any atom is -0.481 e. The molecule has 5 heteroatoms. The zero-order valence-corrected chi connectivity index (χ0v) is 10.8. The first-order valence-electron chi connectivity index (χ1n) is 6.11. The van der Waals surface area contributed by atoms with Crippen LogP contribution in [0.15, 0.2) is 24.3 Å². The van der Waals surface area contributed by atoms with Crippen LogP contribution < -0.4 is 5.32 Å². The lowest BCUT2D eigenvalue weighted by Gasteiger charge is -2.05. The molecule has 0 heterocycles. The largest absolute Gasteiger partial charge is 0.481 e. The Labute approximate surface area is 111 Å². The number of unbranched alkanes of at least 4 members (excludes halogenated alkanes) is 1. The predicted molar refractivity (Wildman–Crippen MR) is 71.2 cm³/mol. The minimum atomic E-state index is -0.847. The van der Waals surface area contributed by atoms with Crippen LogP contribution in [0.5, 0.6) is 0 Å².